The van der Waals surface area contributed by atoms with Crippen LogP contribution < -0.4 is 0 Å². The summed E-state index contributed by atoms with van der Waals surface area (Å²) in [5, 5.41) is 9.41. The van der Waals surface area contributed by atoms with E-state index in [0.717, 1.165) is 49.0 Å². The number of hydrogen-bond acceptors (Lipinski definition) is 6. The van der Waals surface area contributed by atoms with Gasteiger partial charge in [0.15, 0.2) is 5.16 Å². The van der Waals surface area contributed by atoms with Crippen LogP contribution in [0, 0.1) is 12.8 Å². The molecule has 1 amide bonds. The maximum absolute atomic E-state index is 12.5. The van der Waals surface area contributed by atoms with Crippen LogP contribution in [0.1, 0.15) is 34.8 Å². The van der Waals surface area contributed by atoms with Crippen molar-refractivity contribution < 1.29 is 4.79 Å². The molecule has 3 rings (SSSR count). The molecule has 0 saturated carbocycles. The molecule has 128 valence electrons. The maximum Gasteiger partial charge on any atom is 0.274 e. The molecular weight excluding hydrogens is 324 g/mol. The van der Waals surface area contributed by atoms with E-state index in [0.29, 0.717) is 11.6 Å². The van der Waals surface area contributed by atoms with Crippen molar-refractivity contribution in [3.8, 4) is 0 Å². The molecule has 1 aliphatic rings. The highest BCUT2D eigenvalue weighted by Crippen LogP contribution is 2.23. The standard InChI is InChI=1S/C16H22N6OS/c1-11-9-18-13(10-17-11)15(23)22-6-4-12(5-7-22)8-14-19-20-16(24-3)21(14)2/h9-10,12H,4-8H2,1-3H3. The summed E-state index contributed by atoms with van der Waals surface area (Å²) >= 11 is 1.60. The van der Waals surface area contributed by atoms with Gasteiger partial charge in [-0.2, -0.15) is 0 Å². The van der Waals surface area contributed by atoms with Gasteiger partial charge in [-0.3, -0.25) is 9.78 Å². The number of rotatable bonds is 4. The summed E-state index contributed by atoms with van der Waals surface area (Å²) in [6.07, 6.45) is 8.08. The number of aryl methyl sites for hydroxylation is 1. The number of hydrogen-bond donors (Lipinski definition) is 0. The molecule has 0 N–H and O–H groups in total. The first kappa shape index (κ1) is 16.9. The van der Waals surface area contributed by atoms with E-state index in [4.69, 9.17) is 0 Å². The molecule has 7 nitrogen and oxygen atoms in total. The van der Waals surface area contributed by atoms with Crippen molar-refractivity contribution in [2.75, 3.05) is 19.3 Å². The lowest BCUT2D eigenvalue weighted by molar-refractivity contribution is 0.0683. The summed E-state index contributed by atoms with van der Waals surface area (Å²) in [5.41, 5.74) is 1.25. The second-order valence-electron chi connectivity index (χ2n) is 6.14. The third-order valence-corrected chi connectivity index (χ3v) is 5.20. The number of aromatic nitrogens is 5. The van der Waals surface area contributed by atoms with Gasteiger partial charge in [0.2, 0.25) is 0 Å². The molecule has 1 fully saturated rings. The van der Waals surface area contributed by atoms with Crippen LogP contribution >= 0.6 is 11.8 Å². The molecule has 0 aliphatic carbocycles. The van der Waals surface area contributed by atoms with Crippen molar-refractivity contribution in [1.29, 1.82) is 0 Å². The fourth-order valence-electron chi connectivity index (χ4n) is 2.96. The van der Waals surface area contributed by atoms with Crippen LogP contribution in [0.25, 0.3) is 0 Å². The van der Waals surface area contributed by atoms with E-state index >= 15 is 0 Å². The first-order valence-corrected chi connectivity index (χ1v) is 9.31. The van der Waals surface area contributed by atoms with Crippen LogP contribution in [0.3, 0.4) is 0 Å². The van der Waals surface area contributed by atoms with Crippen molar-refractivity contribution >= 4 is 17.7 Å². The van der Waals surface area contributed by atoms with Crippen molar-refractivity contribution in [3.05, 3.63) is 29.6 Å². The number of piperidine rings is 1. The van der Waals surface area contributed by atoms with Crippen molar-refractivity contribution in [2.45, 2.75) is 31.3 Å². The predicted molar refractivity (Wildman–Crippen MR) is 91.9 cm³/mol. The first-order valence-electron chi connectivity index (χ1n) is 8.08. The third kappa shape index (κ3) is 3.58. The summed E-state index contributed by atoms with van der Waals surface area (Å²) < 4.78 is 2.06. The Morgan fingerprint density at radius 2 is 2.00 bits per heavy atom. The van der Waals surface area contributed by atoms with E-state index in [-0.39, 0.29) is 5.91 Å². The van der Waals surface area contributed by atoms with E-state index < -0.39 is 0 Å². The highest BCUT2D eigenvalue weighted by Gasteiger charge is 2.25. The molecule has 0 spiro atoms. The SMILES string of the molecule is CSc1nnc(CC2CCN(C(=O)c3cnc(C)cn3)CC2)n1C. The Hall–Kier alpha value is -1.96. The van der Waals surface area contributed by atoms with Gasteiger partial charge >= 0.3 is 0 Å². The van der Waals surface area contributed by atoms with Crippen molar-refractivity contribution in [1.82, 2.24) is 29.6 Å². The second-order valence-corrected chi connectivity index (χ2v) is 6.92. The van der Waals surface area contributed by atoms with Crippen LogP contribution in [-0.2, 0) is 13.5 Å². The summed E-state index contributed by atoms with van der Waals surface area (Å²) in [5.74, 6) is 1.54. The molecule has 0 unspecified atom stereocenters. The second kappa shape index (κ2) is 7.29. The van der Waals surface area contributed by atoms with Crippen molar-refractivity contribution in [2.24, 2.45) is 13.0 Å². The molecule has 0 radical (unpaired) electrons. The van der Waals surface area contributed by atoms with Gasteiger partial charge in [0.05, 0.1) is 11.9 Å². The zero-order valence-electron chi connectivity index (χ0n) is 14.3. The Balaban J connectivity index is 1.56. The summed E-state index contributed by atoms with van der Waals surface area (Å²) in [7, 11) is 2.01. The zero-order valence-corrected chi connectivity index (χ0v) is 15.1. The van der Waals surface area contributed by atoms with Gasteiger partial charge in [0.25, 0.3) is 5.91 Å². The summed E-state index contributed by atoms with van der Waals surface area (Å²) in [4.78, 5) is 22.7. The normalized spacial score (nSPS) is 15.7. The van der Waals surface area contributed by atoms with Crippen molar-refractivity contribution in [3.63, 3.8) is 0 Å². The van der Waals surface area contributed by atoms with E-state index in [9.17, 15) is 4.79 Å². The van der Waals surface area contributed by atoms with Crippen LogP contribution in [0.5, 0.6) is 0 Å². The fourth-order valence-corrected chi connectivity index (χ4v) is 3.47. The molecule has 3 heterocycles. The van der Waals surface area contributed by atoms with E-state index in [2.05, 4.69) is 24.7 Å². The number of carbonyl (C=O) groups is 1. The van der Waals surface area contributed by atoms with Gasteiger partial charge in [-0.1, -0.05) is 11.8 Å². The molecule has 2 aromatic heterocycles. The molecule has 0 bridgehead atoms. The molecule has 2 aromatic rings. The molecule has 0 aromatic carbocycles. The van der Waals surface area contributed by atoms with E-state index in [1.54, 1.807) is 24.2 Å². The number of likely N-dealkylation sites (tertiary alicyclic amines) is 1. The van der Waals surface area contributed by atoms with Gasteiger partial charge in [-0.25, -0.2) is 4.98 Å². The largest absolute Gasteiger partial charge is 0.337 e. The average molecular weight is 346 g/mol. The Morgan fingerprint density at radius 3 is 2.58 bits per heavy atom. The minimum Gasteiger partial charge on any atom is -0.337 e. The first-order chi connectivity index (χ1) is 11.6. The lowest BCUT2D eigenvalue weighted by Crippen LogP contribution is -2.39. The molecule has 1 aliphatic heterocycles. The zero-order chi connectivity index (χ0) is 17.1. The Kier molecular flexibility index (Phi) is 5.13. The summed E-state index contributed by atoms with van der Waals surface area (Å²) in [6, 6.07) is 0. The Labute approximate surface area is 145 Å². The molecule has 1 saturated heterocycles. The summed E-state index contributed by atoms with van der Waals surface area (Å²) in [6.45, 7) is 3.38. The number of carbonyl (C=O) groups excluding carboxylic acids is 1. The van der Waals surface area contributed by atoms with Gasteiger partial charge in [0.1, 0.15) is 11.5 Å². The quantitative estimate of drug-likeness (QED) is 0.785. The number of nitrogens with zero attached hydrogens (tertiary/aromatic N) is 6. The van der Waals surface area contributed by atoms with Crippen LogP contribution in [0.2, 0.25) is 0 Å². The predicted octanol–water partition coefficient (Wildman–Crippen LogP) is 1.73. The average Bonchev–Trinajstić information content (AvgIpc) is 2.95. The monoisotopic (exact) mass is 346 g/mol. The minimum absolute atomic E-state index is 0.0238. The number of thioether (sulfide) groups is 1. The van der Waals surface area contributed by atoms with Crippen LogP contribution in [0.4, 0.5) is 0 Å². The Bertz CT molecular complexity index is 706. The minimum atomic E-state index is -0.0238. The van der Waals surface area contributed by atoms with E-state index in [1.165, 1.54) is 0 Å². The fraction of sp³-hybridized carbons (Fsp3) is 0.562. The lowest BCUT2D eigenvalue weighted by Gasteiger charge is -2.31. The highest BCUT2D eigenvalue weighted by atomic mass is 32.2. The van der Waals surface area contributed by atoms with Crippen LogP contribution in [0.15, 0.2) is 17.6 Å². The van der Waals surface area contributed by atoms with E-state index in [1.807, 2.05) is 25.1 Å². The van der Waals surface area contributed by atoms with Gasteiger partial charge in [-0.05, 0) is 31.9 Å². The third-order valence-electron chi connectivity index (χ3n) is 4.48. The van der Waals surface area contributed by atoms with Crippen LogP contribution in [-0.4, -0.2) is 54.9 Å². The Morgan fingerprint density at radius 1 is 1.25 bits per heavy atom. The maximum atomic E-state index is 12.5. The van der Waals surface area contributed by atoms with Gasteiger partial charge < -0.3 is 9.47 Å². The smallest absolute Gasteiger partial charge is 0.274 e. The molecule has 8 heteroatoms. The lowest BCUT2D eigenvalue weighted by atomic mass is 9.93. The van der Waals surface area contributed by atoms with Gasteiger partial charge in [-0.15, -0.1) is 10.2 Å². The molecule has 0 atom stereocenters. The van der Waals surface area contributed by atoms with Gasteiger partial charge in [0, 0.05) is 32.8 Å². The molecule has 24 heavy (non-hydrogen) atoms. The molecular formula is C16H22N6OS. The topological polar surface area (TPSA) is 76.8 Å². The number of amides is 1. The highest BCUT2D eigenvalue weighted by molar-refractivity contribution is 7.98.